The minimum absolute atomic E-state index is 0.188. The molecule has 0 saturated carbocycles. The zero-order valence-electron chi connectivity index (χ0n) is 8.89. The van der Waals surface area contributed by atoms with E-state index in [0.717, 1.165) is 0 Å². The second-order valence-electron chi connectivity index (χ2n) is 4.02. The van der Waals surface area contributed by atoms with Crippen LogP contribution in [-0.2, 0) is 9.59 Å². The van der Waals surface area contributed by atoms with Crippen LogP contribution >= 0.6 is 0 Å². The summed E-state index contributed by atoms with van der Waals surface area (Å²) in [6.07, 6.45) is 0.521. The van der Waals surface area contributed by atoms with Crippen molar-refractivity contribution in [3.8, 4) is 0 Å². The molecule has 1 amide bonds. The first kappa shape index (κ1) is 12.7. The van der Waals surface area contributed by atoms with Crippen molar-refractivity contribution in [3.63, 3.8) is 0 Å². The van der Waals surface area contributed by atoms with Gasteiger partial charge in [0.05, 0.1) is 5.41 Å². The lowest BCUT2D eigenvalue weighted by Crippen LogP contribution is -2.27. The lowest BCUT2D eigenvalue weighted by molar-refractivity contribution is -0.147. The number of aliphatic carboxylic acids is 1. The smallest absolute Gasteiger partial charge is 0.309 e. The molecule has 2 N–H and O–H groups in total. The Morgan fingerprint density at radius 1 is 1.43 bits per heavy atom. The fourth-order valence-electron chi connectivity index (χ4n) is 0.833. The molecule has 80 valence electrons. The largest absolute Gasteiger partial charge is 0.481 e. The van der Waals surface area contributed by atoms with Crippen LogP contribution in [0.3, 0.4) is 0 Å². The maximum Gasteiger partial charge on any atom is 0.309 e. The molecule has 4 heteroatoms. The maximum atomic E-state index is 11.2. The van der Waals surface area contributed by atoms with Crippen molar-refractivity contribution in [1.82, 2.24) is 5.32 Å². The van der Waals surface area contributed by atoms with Gasteiger partial charge < -0.3 is 10.4 Å². The number of amides is 1. The molecule has 0 radical (unpaired) electrons. The van der Waals surface area contributed by atoms with E-state index in [1.807, 2.05) is 0 Å². The molecule has 0 aliphatic rings. The Kier molecular flexibility index (Phi) is 4.34. The Hall–Kier alpha value is -1.32. The molecule has 0 aliphatic carbocycles. The standard InChI is InChI=1S/C10H17NO3/c1-7(2)11-8(12)5-6-10(3,4)9(13)14/h1,5-6H2,2-4H3,(H,11,12)(H,13,14). The Balaban J connectivity index is 4.00. The van der Waals surface area contributed by atoms with Crippen LogP contribution < -0.4 is 5.32 Å². The summed E-state index contributed by atoms with van der Waals surface area (Å²) in [5.41, 5.74) is -0.282. The molecular weight excluding hydrogens is 182 g/mol. The molecular formula is C10H17NO3. The van der Waals surface area contributed by atoms with E-state index in [1.54, 1.807) is 20.8 Å². The first-order valence-corrected chi connectivity index (χ1v) is 4.44. The van der Waals surface area contributed by atoms with Crippen LogP contribution in [0.2, 0.25) is 0 Å². The van der Waals surface area contributed by atoms with Gasteiger partial charge >= 0.3 is 5.97 Å². The highest BCUT2D eigenvalue weighted by Crippen LogP contribution is 2.22. The molecule has 0 saturated heterocycles. The number of carbonyl (C=O) groups excluding carboxylic acids is 1. The third kappa shape index (κ3) is 4.64. The molecule has 14 heavy (non-hydrogen) atoms. The van der Waals surface area contributed by atoms with E-state index >= 15 is 0 Å². The zero-order valence-corrected chi connectivity index (χ0v) is 8.89. The molecule has 0 atom stereocenters. The Bertz CT molecular complexity index is 256. The number of rotatable bonds is 5. The van der Waals surface area contributed by atoms with Crippen LogP contribution in [0.1, 0.15) is 33.6 Å². The molecule has 0 rings (SSSR count). The van der Waals surface area contributed by atoms with Crippen molar-refractivity contribution in [2.75, 3.05) is 0 Å². The van der Waals surface area contributed by atoms with Crippen LogP contribution in [0.25, 0.3) is 0 Å². The molecule has 0 aromatic heterocycles. The second-order valence-corrected chi connectivity index (χ2v) is 4.02. The molecule has 0 aliphatic heterocycles. The van der Waals surface area contributed by atoms with Crippen LogP contribution in [0.15, 0.2) is 12.3 Å². The third-order valence-electron chi connectivity index (χ3n) is 1.91. The summed E-state index contributed by atoms with van der Waals surface area (Å²) in [5, 5.41) is 11.3. The van der Waals surface area contributed by atoms with Crippen LogP contribution in [-0.4, -0.2) is 17.0 Å². The van der Waals surface area contributed by atoms with Gasteiger partial charge in [-0.15, -0.1) is 0 Å². The lowest BCUT2D eigenvalue weighted by Gasteiger charge is -2.18. The minimum atomic E-state index is -0.888. The fourth-order valence-corrected chi connectivity index (χ4v) is 0.833. The van der Waals surface area contributed by atoms with Crippen molar-refractivity contribution < 1.29 is 14.7 Å². The van der Waals surface area contributed by atoms with Crippen molar-refractivity contribution in [3.05, 3.63) is 12.3 Å². The predicted octanol–water partition coefficient (Wildman–Crippen LogP) is 1.53. The van der Waals surface area contributed by atoms with Crippen LogP contribution in [0.5, 0.6) is 0 Å². The number of hydrogen-bond donors (Lipinski definition) is 2. The predicted molar refractivity (Wildman–Crippen MR) is 53.6 cm³/mol. The Labute approximate surface area is 84.0 Å². The second kappa shape index (κ2) is 4.79. The average molecular weight is 199 g/mol. The van der Waals surface area contributed by atoms with Crippen LogP contribution in [0.4, 0.5) is 0 Å². The van der Waals surface area contributed by atoms with Gasteiger partial charge in [-0.3, -0.25) is 9.59 Å². The lowest BCUT2D eigenvalue weighted by atomic mass is 9.88. The van der Waals surface area contributed by atoms with Crippen molar-refractivity contribution in [2.45, 2.75) is 33.6 Å². The van der Waals surface area contributed by atoms with E-state index in [2.05, 4.69) is 11.9 Å². The van der Waals surface area contributed by atoms with Gasteiger partial charge in [-0.25, -0.2) is 0 Å². The summed E-state index contributed by atoms with van der Waals surface area (Å²) < 4.78 is 0. The monoisotopic (exact) mass is 199 g/mol. The van der Waals surface area contributed by atoms with E-state index < -0.39 is 11.4 Å². The molecule has 0 fully saturated rings. The van der Waals surface area contributed by atoms with Gasteiger partial charge in [0.25, 0.3) is 0 Å². The SMILES string of the molecule is C=C(C)NC(=O)CCC(C)(C)C(=O)O. The highest BCUT2D eigenvalue weighted by atomic mass is 16.4. The van der Waals surface area contributed by atoms with Gasteiger partial charge in [-0.05, 0) is 27.2 Å². The molecule has 0 aromatic rings. The Morgan fingerprint density at radius 3 is 2.29 bits per heavy atom. The van der Waals surface area contributed by atoms with Crippen molar-refractivity contribution in [1.29, 1.82) is 0 Å². The topological polar surface area (TPSA) is 66.4 Å². The molecule has 4 nitrogen and oxygen atoms in total. The van der Waals surface area contributed by atoms with Gasteiger partial charge in [0, 0.05) is 12.1 Å². The van der Waals surface area contributed by atoms with E-state index in [0.29, 0.717) is 12.1 Å². The first-order valence-electron chi connectivity index (χ1n) is 4.44. The summed E-state index contributed by atoms with van der Waals surface area (Å²) in [7, 11) is 0. The summed E-state index contributed by atoms with van der Waals surface area (Å²) in [5.74, 6) is -1.08. The summed E-state index contributed by atoms with van der Waals surface area (Å²) in [6.45, 7) is 8.41. The number of nitrogens with one attached hydrogen (secondary N) is 1. The van der Waals surface area contributed by atoms with Crippen LogP contribution in [0, 0.1) is 5.41 Å². The van der Waals surface area contributed by atoms with Crippen molar-refractivity contribution >= 4 is 11.9 Å². The summed E-state index contributed by atoms with van der Waals surface area (Å²) in [6, 6.07) is 0. The summed E-state index contributed by atoms with van der Waals surface area (Å²) >= 11 is 0. The average Bonchev–Trinajstić information content (AvgIpc) is 1.99. The summed E-state index contributed by atoms with van der Waals surface area (Å²) in [4.78, 5) is 21.9. The maximum absolute atomic E-state index is 11.2. The number of carboxylic acid groups (broad SMARTS) is 1. The van der Waals surface area contributed by atoms with E-state index in [9.17, 15) is 9.59 Å². The highest BCUT2D eigenvalue weighted by molar-refractivity contribution is 5.79. The Morgan fingerprint density at radius 2 is 1.93 bits per heavy atom. The molecule has 0 bridgehead atoms. The fraction of sp³-hybridized carbons (Fsp3) is 0.600. The minimum Gasteiger partial charge on any atom is -0.481 e. The quantitative estimate of drug-likeness (QED) is 0.705. The normalized spacial score (nSPS) is 10.8. The van der Waals surface area contributed by atoms with Gasteiger partial charge in [0.1, 0.15) is 0 Å². The molecule has 0 spiro atoms. The molecule has 0 aromatic carbocycles. The van der Waals surface area contributed by atoms with E-state index in [-0.39, 0.29) is 12.3 Å². The van der Waals surface area contributed by atoms with Gasteiger partial charge in [-0.2, -0.15) is 0 Å². The number of allylic oxidation sites excluding steroid dienone is 1. The number of carbonyl (C=O) groups is 2. The zero-order chi connectivity index (χ0) is 11.4. The van der Waals surface area contributed by atoms with E-state index in [4.69, 9.17) is 5.11 Å². The van der Waals surface area contributed by atoms with Gasteiger partial charge in [-0.1, -0.05) is 6.58 Å². The van der Waals surface area contributed by atoms with E-state index in [1.165, 1.54) is 0 Å². The molecule has 0 heterocycles. The molecule has 0 unspecified atom stereocenters. The number of hydrogen-bond acceptors (Lipinski definition) is 2. The van der Waals surface area contributed by atoms with Gasteiger partial charge in [0.15, 0.2) is 0 Å². The number of carboxylic acids is 1. The van der Waals surface area contributed by atoms with Gasteiger partial charge in [0.2, 0.25) is 5.91 Å². The highest BCUT2D eigenvalue weighted by Gasteiger charge is 2.27. The van der Waals surface area contributed by atoms with Crippen molar-refractivity contribution in [2.24, 2.45) is 5.41 Å². The third-order valence-corrected chi connectivity index (χ3v) is 1.91. The first-order chi connectivity index (χ1) is 6.25.